The lowest BCUT2D eigenvalue weighted by Crippen LogP contribution is -2.33. The number of rotatable bonds is 5. The summed E-state index contributed by atoms with van der Waals surface area (Å²) in [5, 5.41) is 11.6. The molecule has 1 atom stereocenters. The van der Waals surface area contributed by atoms with Crippen molar-refractivity contribution in [3.8, 4) is 5.75 Å². The van der Waals surface area contributed by atoms with Gasteiger partial charge in [-0.25, -0.2) is 0 Å². The number of carboxylic acid groups (broad SMARTS) is 1. The number of hydrogen-bond donors (Lipinski definition) is 2. The van der Waals surface area contributed by atoms with Crippen LogP contribution in [0.3, 0.4) is 0 Å². The summed E-state index contributed by atoms with van der Waals surface area (Å²) in [6.07, 6.45) is 0. The van der Waals surface area contributed by atoms with Crippen LogP contribution in [0, 0.1) is 11.8 Å². The molecule has 1 aromatic rings. The van der Waals surface area contributed by atoms with E-state index in [2.05, 4.69) is 5.32 Å². The minimum Gasteiger partial charge on any atom is -0.497 e. The lowest BCUT2D eigenvalue weighted by Gasteiger charge is -2.15. The van der Waals surface area contributed by atoms with Crippen LogP contribution in [0.1, 0.15) is 13.8 Å². The summed E-state index contributed by atoms with van der Waals surface area (Å²) < 4.78 is 4.99. The van der Waals surface area contributed by atoms with E-state index >= 15 is 0 Å². The van der Waals surface area contributed by atoms with Crippen molar-refractivity contribution in [2.24, 2.45) is 11.8 Å². The highest BCUT2D eigenvalue weighted by Gasteiger charge is 2.29. The molecular weight excluding hydrogens is 234 g/mol. The van der Waals surface area contributed by atoms with Crippen molar-refractivity contribution in [2.75, 3.05) is 12.4 Å². The smallest absolute Gasteiger partial charge is 0.316 e. The summed E-state index contributed by atoms with van der Waals surface area (Å²) in [6, 6.07) is 6.72. The molecule has 0 heterocycles. The maximum absolute atomic E-state index is 11.8. The number of hydrogen-bond acceptors (Lipinski definition) is 3. The number of carbonyl (C=O) groups excluding carboxylic acids is 1. The molecule has 1 unspecified atom stereocenters. The molecule has 0 fully saturated rings. The average Bonchev–Trinajstić information content (AvgIpc) is 2.28. The Labute approximate surface area is 106 Å². The zero-order valence-corrected chi connectivity index (χ0v) is 10.6. The summed E-state index contributed by atoms with van der Waals surface area (Å²) in [5.74, 6) is -2.27. The van der Waals surface area contributed by atoms with E-state index in [9.17, 15) is 9.59 Å². The fourth-order valence-electron chi connectivity index (χ4n) is 1.59. The van der Waals surface area contributed by atoms with Crippen molar-refractivity contribution in [3.63, 3.8) is 0 Å². The van der Waals surface area contributed by atoms with E-state index in [1.165, 1.54) is 0 Å². The van der Waals surface area contributed by atoms with Crippen molar-refractivity contribution in [2.45, 2.75) is 13.8 Å². The molecule has 0 radical (unpaired) electrons. The fourth-order valence-corrected chi connectivity index (χ4v) is 1.59. The molecular formula is C13H17NO4. The van der Waals surface area contributed by atoms with Gasteiger partial charge in [0.25, 0.3) is 0 Å². The Morgan fingerprint density at radius 3 is 2.17 bits per heavy atom. The Hall–Kier alpha value is -2.04. The normalized spacial score (nSPS) is 12.0. The quantitative estimate of drug-likeness (QED) is 0.785. The Bertz CT molecular complexity index is 425. The van der Waals surface area contributed by atoms with Crippen LogP contribution >= 0.6 is 0 Å². The second kappa shape index (κ2) is 6.05. The molecule has 5 nitrogen and oxygen atoms in total. The van der Waals surface area contributed by atoms with E-state index < -0.39 is 17.8 Å². The second-order valence-electron chi connectivity index (χ2n) is 4.28. The standard InChI is InChI=1S/C13H17NO4/c1-8(2)11(13(16)17)12(15)14-9-4-6-10(18-3)7-5-9/h4-8,11H,1-3H3,(H,14,15)(H,16,17). The van der Waals surface area contributed by atoms with Crippen molar-refractivity contribution in [3.05, 3.63) is 24.3 Å². The third-order valence-electron chi connectivity index (χ3n) is 2.57. The monoisotopic (exact) mass is 251 g/mol. The number of anilines is 1. The Balaban J connectivity index is 2.76. The lowest BCUT2D eigenvalue weighted by molar-refractivity contribution is -0.147. The molecule has 18 heavy (non-hydrogen) atoms. The summed E-state index contributed by atoms with van der Waals surface area (Å²) >= 11 is 0. The second-order valence-corrected chi connectivity index (χ2v) is 4.28. The SMILES string of the molecule is COc1ccc(NC(=O)C(C(=O)O)C(C)C)cc1. The summed E-state index contributed by atoms with van der Waals surface area (Å²) in [4.78, 5) is 22.8. The number of amides is 1. The molecule has 2 N–H and O–H groups in total. The molecule has 1 amide bonds. The number of ether oxygens (including phenoxy) is 1. The van der Waals surface area contributed by atoms with Gasteiger partial charge in [-0.05, 0) is 30.2 Å². The van der Waals surface area contributed by atoms with Crippen LogP contribution in [-0.2, 0) is 9.59 Å². The van der Waals surface area contributed by atoms with Crippen LogP contribution < -0.4 is 10.1 Å². The van der Waals surface area contributed by atoms with Gasteiger partial charge in [0.05, 0.1) is 7.11 Å². The molecule has 0 aliphatic rings. The molecule has 5 heteroatoms. The maximum atomic E-state index is 11.8. The predicted octanol–water partition coefficient (Wildman–Crippen LogP) is 1.99. The van der Waals surface area contributed by atoms with Crippen molar-refractivity contribution in [1.82, 2.24) is 0 Å². The molecule has 1 rings (SSSR count). The van der Waals surface area contributed by atoms with Gasteiger partial charge in [-0.1, -0.05) is 13.8 Å². The Morgan fingerprint density at radius 2 is 1.78 bits per heavy atom. The molecule has 0 spiro atoms. The minimum absolute atomic E-state index is 0.263. The highest BCUT2D eigenvalue weighted by molar-refractivity contribution is 6.04. The van der Waals surface area contributed by atoms with Gasteiger partial charge < -0.3 is 15.2 Å². The zero-order chi connectivity index (χ0) is 13.7. The molecule has 0 saturated carbocycles. The van der Waals surface area contributed by atoms with Gasteiger partial charge in [0.2, 0.25) is 5.91 Å². The van der Waals surface area contributed by atoms with E-state index in [0.717, 1.165) is 0 Å². The van der Waals surface area contributed by atoms with E-state index in [4.69, 9.17) is 9.84 Å². The van der Waals surface area contributed by atoms with Gasteiger partial charge >= 0.3 is 5.97 Å². The Morgan fingerprint density at radius 1 is 1.22 bits per heavy atom. The third kappa shape index (κ3) is 3.48. The van der Waals surface area contributed by atoms with Crippen molar-refractivity contribution >= 4 is 17.6 Å². The largest absolute Gasteiger partial charge is 0.497 e. The predicted molar refractivity (Wildman–Crippen MR) is 67.6 cm³/mol. The first-order valence-corrected chi connectivity index (χ1v) is 5.63. The van der Waals surface area contributed by atoms with Gasteiger partial charge in [0.15, 0.2) is 0 Å². The molecule has 1 aromatic carbocycles. The first-order chi connectivity index (χ1) is 8.45. The van der Waals surface area contributed by atoms with Crippen molar-refractivity contribution < 1.29 is 19.4 Å². The summed E-state index contributed by atoms with van der Waals surface area (Å²) in [5.41, 5.74) is 0.549. The summed E-state index contributed by atoms with van der Waals surface area (Å²) in [6.45, 7) is 3.40. The number of benzene rings is 1. The number of carboxylic acids is 1. The van der Waals surface area contributed by atoms with E-state index in [1.807, 2.05) is 0 Å². The van der Waals surface area contributed by atoms with Crippen LogP contribution in [0.15, 0.2) is 24.3 Å². The van der Waals surface area contributed by atoms with Crippen LogP contribution in [0.4, 0.5) is 5.69 Å². The lowest BCUT2D eigenvalue weighted by atomic mass is 9.95. The summed E-state index contributed by atoms with van der Waals surface area (Å²) in [7, 11) is 1.55. The average molecular weight is 251 g/mol. The molecule has 0 saturated heterocycles. The molecule has 98 valence electrons. The van der Waals surface area contributed by atoms with Crippen LogP contribution in [-0.4, -0.2) is 24.1 Å². The van der Waals surface area contributed by atoms with Gasteiger partial charge in [-0.3, -0.25) is 9.59 Å². The van der Waals surface area contributed by atoms with E-state index in [0.29, 0.717) is 11.4 Å². The van der Waals surface area contributed by atoms with Crippen LogP contribution in [0.25, 0.3) is 0 Å². The first kappa shape index (κ1) is 14.0. The van der Waals surface area contributed by atoms with E-state index in [1.54, 1.807) is 45.2 Å². The highest BCUT2D eigenvalue weighted by Crippen LogP contribution is 2.18. The number of methoxy groups -OCH3 is 1. The van der Waals surface area contributed by atoms with Crippen molar-refractivity contribution in [1.29, 1.82) is 0 Å². The minimum atomic E-state index is -1.11. The highest BCUT2D eigenvalue weighted by atomic mass is 16.5. The maximum Gasteiger partial charge on any atom is 0.316 e. The molecule has 0 aromatic heterocycles. The third-order valence-corrected chi connectivity index (χ3v) is 2.57. The van der Waals surface area contributed by atoms with E-state index in [-0.39, 0.29) is 5.92 Å². The first-order valence-electron chi connectivity index (χ1n) is 5.63. The van der Waals surface area contributed by atoms with Crippen LogP contribution in [0.2, 0.25) is 0 Å². The van der Waals surface area contributed by atoms with Gasteiger partial charge in [-0.15, -0.1) is 0 Å². The van der Waals surface area contributed by atoms with Gasteiger partial charge in [0, 0.05) is 5.69 Å². The topological polar surface area (TPSA) is 75.6 Å². The Kier molecular flexibility index (Phi) is 4.71. The zero-order valence-electron chi connectivity index (χ0n) is 10.6. The number of carbonyl (C=O) groups is 2. The van der Waals surface area contributed by atoms with Gasteiger partial charge in [-0.2, -0.15) is 0 Å². The fraction of sp³-hybridized carbons (Fsp3) is 0.385. The number of aliphatic carboxylic acids is 1. The van der Waals surface area contributed by atoms with Gasteiger partial charge in [0.1, 0.15) is 11.7 Å². The molecule has 0 aliphatic carbocycles. The number of nitrogens with one attached hydrogen (secondary N) is 1. The molecule has 0 bridgehead atoms. The molecule has 0 aliphatic heterocycles. The van der Waals surface area contributed by atoms with Crippen LogP contribution in [0.5, 0.6) is 5.75 Å².